The van der Waals surface area contributed by atoms with Gasteiger partial charge in [0.25, 0.3) is 0 Å². The van der Waals surface area contributed by atoms with Crippen molar-refractivity contribution in [3.05, 3.63) is 33.5 Å². The van der Waals surface area contributed by atoms with Gasteiger partial charge in [-0.2, -0.15) is 0 Å². The van der Waals surface area contributed by atoms with Crippen LogP contribution in [0.5, 0.6) is 0 Å². The number of esters is 1. The third-order valence-electron chi connectivity index (χ3n) is 3.42. The molecule has 0 fully saturated rings. The lowest BCUT2D eigenvalue weighted by atomic mass is 10.1. The topological polar surface area (TPSA) is 81.4 Å². The Kier molecular flexibility index (Phi) is 5.54. The molecule has 0 aliphatic heterocycles. The van der Waals surface area contributed by atoms with Crippen molar-refractivity contribution in [3.8, 4) is 0 Å². The molecule has 0 radical (unpaired) electrons. The molecule has 2 aromatic heterocycles. The van der Waals surface area contributed by atoms with Gasteiger partial charge < -0.3 is 14.6 Å². The maximum absolute atomic E-state index is 12.1. The van der Waals surface area contributed by atoms with Crippen molar-refractivity contribution in [2.75, 3.05) is 11.9 Å². The quantitative estimate of drug-likeness (QED) is 0.818. The number of carbonyl (C=O) groups is 2. The van der Waals surface area contributed by atoms with Gasteiger partial charge in [0.15, 0.2) is 0 Å². The highest BCUT2D eigenvalue weighted by atomic mass is 32.1. The molecule has 6 nitrogen and oxygen atoms in total. The number of rotatable bonds is 6. The molecule has 1 amide bonds. The average Bonchev–Trinajstić information content (AvgIpc) is 3.00. The number of ether oxygens (including phenoxy) is 1. The Balaban J connectivity index is 1.95. The SMILES string of the molecule is CCOC(=O)c1sc(NC(=O)CCc2c(C)noc2C)cc1C. The molecule has 0 saturated carbocycles. The summed E-state index contributed by atoms with van der Waals surface area (Å²) in [7, 11) is 0. The molecule has 124 valence electrons. The molecule has 0 bridgehead atoms. The van der Waals surface area contributed by atoms with Gasteiger partial charge in [-0.3, -0.25) is 4.79 Å². The summed E-state index contributed by atoms with van der Waals surface area (Å²) in [5.74, 6) is 0.278. The normalized spacial score (nSPS) is 10.6. The van der Waals surface area contributed by atoms with Crippen LogP contribution >= 0.6 is 11.3 Å². The molecule has 0 spiro atoms. The summed E-state index contributed by atoms with van der Waals surface area (Å²) in [5.41, 5.74) is 2.58. The number of nitrogens with one attached hydrogen (secondary N) is 1. The van der Waals surface area contributed by atoms with Gasteiger partial charge in [0, 0.05) is 12.0 Å². The number of aryl methyl sites for hydroxylation is 3. The lowest BCUT2D eigenvalue weighted by Gasteiger charge is -2.02. The second-order valence-electron chi connectivity index (χ2n) is 5.19. The first-order valence-corrected chi connectivity index (χ1v) is 8.23. The van der Waals surface area contributed by atoms with Gasteiger partial charge in [-0.1, -0.05) is 5.16 Å². The van der Waals surface area contributed by atoms with E-state index in [1.165, 1.54) is 11.3 Å². The summed E-state index contributed by atoms with van der Waals surface area (Å²) >= 11 is 1.23. The van der Waals surface area contributed by atoms with Crippen LogP contribution in [-0.4, -0.2) is 23.6 Å². The van der Waals surface area contributed by atoms with E-state index in [9.17, 15) is 9.59 Å². The molecule has 0 unspecified atom stereocenters. The van der Waals surface area contributed by atoms with Gasteiger partial charge >= 0.3 is 5.97 Å². The van der Waals surface area contributed by atoms with Gasteiger partial charge in [-0.05, 0) is 45.7 Å². The minimum atomic E-state index is -0.355. The van der Waals surface area contributed by atoms with Crippen LogP contribution in [-0.2, 0) is 16.0 Å². The highest BCUT2D eigenvalue weighted by Crippen LogP contribution is 2.27. The molecule has 23 heavy (non-hydrogen) atoms. The zero-order valence-corrected chi connectivity index (χ0v) is 14.5. The zero-order valence-electron chi connectivity index (χ0n) is 13.7. The molecule has 0 atom stereocenters. The molecule has 0 saturated heterocycles. The fourth-order valence-electron chi connectivity index (χ4n) is 2.24. The number of hydrogen-bond donors (Lipinski definition) is 1. The largest absolute Gasteiger partial charge is 0.462 e. The summed E-state index contributed by atoms with van der Waals surface area (Å²) < 4.78 is 10.1. The number of hydrogen-bond acceptors (Lipinski definition) is 6. The van der Waals surface area contributed by atoms with E-state index < -0.39 is 0 Å². The first-order chi connectivity index (χ1) is 10.9. The Morgan fingerprint density at radius 1 is 1.35 bits per heavy atom. The number of thiophene rings is 1. The van der Waals surface area contributed by atoms with Gasteiger partial charge in [0.05, 0.1) is 17.3 Å². The monoisotopic (exact) mass is 336 g/mol. The minimum absolute atomic E-state index is 0.110. The number of aromatic nitrogens is 1. The van der Waals surface area contributed by atoms with E-state index in [0.29, 0.717) is 29.3 Å². The van der Waals surface area contributed by atoms with Crippen molar-refractivity contribution < 1.29 is 18.8 Å². The highest BCUT2D eigenvalue weighted by molar-refractivity contribution is 7.18. The molecular formula is C16H20N2O4S. The lowest BCUT2D eigenvalue weighted by molar-refractivity contribution is -0.116. The number of carbonyl (C=O) groups excluding carboxylic acids is 2. The highest BCUT2D eigenvalue weighted by Gasteiger charge is 2.16. The Morgan fingerprint density at radius 2 is 2.09 bits per heavy atom. The minimum Gasteiger partial charge on any atom is -0.462 e. The van der Waals surface area contributed by atoms with Crippen molar-refractivity contribution in [1.82, 2.24) is 5.16 Å². The number of amides is 1. The molecule has 2 rings (SSSR count). The Hall–Kier alpha value is -2.15. The van der Waals surface area contributed by atoms with Crippen LogP contribution in [0, 0.1) is 20.8 Å². The molecule has 0 aliphatic carbocycles. The second kappa shape index (κ2) is 7.41. The molecular weight excluding hydrogens is 316 g/mol. The third kappa shape index (κ3) is 4.19. The van der Waals surface area contributed by atoms with E-state index >= 15 is 0 Å². The molecule has 0 aliphatic rings. The zero-order chi connectivity index (χ0) is 17.0. The van der Waals surface area contributed by atoms with Crippen molar-refractivity contribution in [2.45, 2.75) is 40.5 Å². The van der Waals surface area contributed by atoms with Crippen molar-refractivity contribution in [2.24, 2.45) is 0 Å². The average molecular weight is 336 g/mol. The maximum Gasteiger partial charge on any atom is 0.348 e. The van der Waals surface area contributed by atoms with Crippen LogP contribution in [0.15, 0.2) is 10.6 Å². The molecule has 2 heterocycles. The molecule has 2 aromatic rings. The summed E-state index contributed by atoms with van der Waals surface area (Å²) in [6.07, 6.45) is 0.899. The molecule has 1 N–H and O–H groups in total. The van der Waals surface area contributed by atoms with Crippen LogP contribution in [0.1, 0.15) is 45.6 Å². The second-order valence-corrected chi connectivity index (χ2v) is 6.25. The van der Waals surface area contributed by atoms with E-state index in [1.807, 2.05) is 20.8 Å². The first-order valence-electron chi connectivity index (χ1n) is 7.41. The molecule has 7 heteroatoms. The van der Waals surface area contributed by atoms with Crippen molar-refractivity contribution in [3.63, 3.8) is 0 Å². The summed E-state index contributed by atoms with van der Waals surface area (Å²) in [4.78, 5) is 24.4. The van der Waals surface area contributed by atoms with Crippen LogP contribution in [0.4, 0.5) is 5.00 Å². The maximum atomic E-state index is 12.1. The Labute approximate surface area is 138 Å². The summed E-state index contributed by atoms with van der Waals surface area (Å²) in [6, 6.07) is 1.78. The Bertz CT molecular complexity index is 698. The van der Waals surface area contributed by atoms with E-state index in [1.54, 1.807) is 13.0 Å². The Morgan fingerprint density at radius 3 is 2.70 bits per heavy atom. The smallest absolute Gasteiger partial charge is 0.348 e. The van der Waals surface area contributed by atoms with Crippen LogP contribution < -0.4 is 5.32 Å². The number of nitrogens with zero attached hydrogens (tertiary/aromatic N) is 1. The summed E-state index contributed by atoms with van der Waals surface area (Å²) in [6.45, 7) is 7.61. The van der Waals surface area contributed by atoms with Gasteiger partial charge in [-0.15, -0.1) is 11.3 Å². The van der Waals surface area contributed by atoms with Crippen LogP contribution in [0.25, 0.3) is 0 Å². The predicted molar refractivity (Wildman–Crippen MR) is 87.9 cm³/mol. The predicted octanol–water partition coefficient (Wildman–Crippen LogP) is 3.41. The van der Waals surface area contributed by atoms with E-state index in [0.717, 1.165) is 22.6 Å². The number of anilines is 1. The van der Waals surface area contributed by atoms with E-state index in [4.69, 9.17) is 9.26 Å². The fourth-order valence-corrected chi connectivity index (χ4v) is 3.22. The first kappa shape index (κ1) is 17.2. The van der Waals surface area contributed by atoms with Gasteiger partial charge in [0.1, 0.15) is 10.6 Å². The summed E-state index contributed by atoms with van der Waals surface area (Å²) in [5, 5.41) is 7.34. The standard InChI is InChI=1S/C16H20N2O4S/c1-5-21-16(20)15-9(2)8-14(23-15)17-13(19)7-6-12-10(3)18-22-11(12)4/h8H,5-7H2,1-4H3,(H,17,19). The van der Waals surface area contributed by atoms with Crippen molar-refractivity contribution >= 4 is 28.2 Å². The lowest BCUT2D eigenvalue weighted by Crippen LogP contribution is -2.11. The van der Waals surface area contributed by atoms with E-state index in [2.05, 4.69) is 10.5 Å². The molecule has 0 aromatic carbocycles. The van der Waals surface area contributed by atoms with Crippen molar-refractivity contribution in [1.29, 1.82) is 0 Å². The van der Waals surface area contributed by atoms with Crippen LogP contribution in [0.3, 0.4) is 0 Å². The fraction of sp³-hybridized carbons (Fsp3) is 0.438. The van der Waals surface area contributed by atoms with Gasteiger partial charge in [-0.25, -0.2) is 4.79 Å². The van der Waals surface area contributed by atoms with Gasteiger partial charge in [0.2, 0.25) is 5.91 Å². The van der Waals surface area contributed by atoms with E-state index in [-0.39, 0.29) is 11.9 Å². The third-order valence-corrected chi connectivity index (χ3v) is 4.56. The van der Waals surface area contributed by atoms with Crippen LogP contribution in [0.2, 0.25) is 0 Å².